The van der Waals surface area contributed by atoms with Gasteiger partial charge in [0, 0.05) is 25.8 Å². The maximum Gasteiger partial charge on any atom is 0.416 e. The molecule has 0 radical (unpaired) electrons. The van der Waals surface area contributed by atoms with Crippen LogP contribution >= 0.6 is 0 Å². The minimum Gasteiger partial charge on any atom is -0.339 e. The predicted molar refractivity (Wildman–Crippen MR) is 116 cm³/mol. The zero-order valence-electron chi connectivity index (χ0n) is 18.3. The lowest BCUT2D eigenvalue weighted by Gasteiger charge is -2.27. The van der Waals surface area contributed by atoms with Crippen LogP contribution in [0.4, 0.5) is 13.2 Å². The first-order valence-electron chi connectivity index (χ1n) is 10.6. The number of halogens is 3. The molecule has 1 fully saturated rings. The standard InChI is InChI=1S/C23H23F3N4O3/c1-14-11-17(20(31)29-9-4-3-5-10-29)18-19(27-14)28(2)22(33)30(21(18)32)13-15-7-6-8-16(12-15)23(24,25)26/h6-8,11-12H,3-5,9-10,13H2,1-2H3. The van der Waals surface area contributed by atoms with Gasteiger partial charge in [-0.3, -0.25) is 18.7 Å². The second-order valence-electron chi connectivity index (χ2n) is 8.29. The van der Waals surface area contributed by atoms with Gasteiger partial charge in [0.25, 0.3) is 11.5 Å². The van der Waals surface area contributed by atoms with Crippen molar-refractivity contribution in [3.05, 3.63) is 73.6 Å². The number of hydrogen-bond donors (Lipinski definition) is 0. The van der Waals surface area contributed by atoms with Gasteiger partial charge >= 0.3 is 11.9 Å². The molecular weight excluding hydrogens is 437 g/mol. The van der Waals surface area contributed by atoms with E-state index in [9.17, 15) is 27.6 Å². The van der Waals surface area contributed by atoms with Crippen molar-refractivity contribution in [2.45, 2.75) is 38.9 Å². The van der Waals surface area contributed by atoms with Crippen molar-refractivity contribution in [1.82, 2.24) is 19.0 Å². The number of fused-ring (bicyclic) bond motifs is 1. The topological polar surface area (TPSA) is 77.2 Å². The molecule has 3 heterocycles. The van der Waals surface area contributed by atoms with Crippen molar-refractivity contribution in [2.75, 3.05) is 13.1 Å². The highest BCUT2D eigenvalue weighted by Crippen LogP contribution is 2.29. The Morgan fingerprint density at radius 1 is 1.09 bits per heavy atom. The SMILES string of the molecule is Cc1cc(C(=O)N2CCCCC2)c2c(=O)n(Cc3cccc(C(F)(F)F)c3)c(=O)n(C)c2n1. The number of aromatic nitrogens is 3. The monoisotopic (exact) mass is 460 g/mol. The van der Waals surface area contributed by atoms with Gasteiger partial charge in [-0.2, -0.15) is 13.2 Å². The van der Waals surface area contributed by atoms with E-state index in [1.54, 1.807) is 11.8 Å². The highest BCUT2D eigenvalue weighted by atomic mass is 19.4. The first-order chi connectivity index (χ1) is 15.6. The van der Waals surface area contributed by atoms with Gasteiger partial charge in [-0.05, 0) is 49.9 Å². The lowest BCUT2D eigenvalue weighted by molar-refractivity contribution is -0.137. The fraction of sp³-hybridized carbons (Fsp3) is 0.391. The number of carbonyl (C=O) groups is 1. The zero-order chi connectivity index (χ0) is 23.9. The third kappa shape index (κ3) is 4.29. The second kappa shape index (κ2) is 8.49. The van der Waals surface area contributed by atoms with Gasteiger partial charge in [-0.25, -0.2) is 9.78 Å². The highest BCUT2D eigenvalue weighted by Gasteiger charge is 2.30. The molecule has 0 bridgehead atoms. The fourth-order valence-corrected chi connectivity index (χ4v) is 4.21. The molecule has 174 valence electrons. The molecule has 0 unspecified atom stereocenters. The van der Waals surface area contributed by atoms with Crippen LogP contribution in [-0.2, 0) is 19.8 Å². The van der Waals surface area contributed by atoms with Crippen molar-refractivity contribution in [1.29, 1.82) is 0 Å². The lowest BCUT2D eigenvalue weighted by Crippen LogP contribution is -2.41. The van der Waals surface area contributed by atoms with E-state index in [0.29, 0.717) is 18.8 Å². The number of aryl methyl sites for hydroxylation is 2. The number of likely N-dealkylation sites (tertiary alicyclic amines) is 1. The summed E-state index contributed by atoms with van der Waals surface area (Å²) in [5.41, 5.74) is -1.50. The molecule has 7 nitrogen and oxygen atoms in total. The van der Waals surface area contributed by atoms with Gasteiger partial charge < -0.3 is 4.90 Å². The molecule has 2 aromatic heterocycles. The van der Waals surface area contributed by atoms with E-state index >= 15 is 0 Å². The van der Waals surface area contributed by atoms with E-state index in [-0.39, 0.29) is 34.6 Å². The van der Waals surface area contributed by atoms with Crippen molar-refractivity contribution in [2.24, 2.45) is 7.05 Å². The summed E-state index contributed by atoms with van der Waals surface area (Å²) in [5.74, 6) is -0.313. The molecule has 0 aliphatic carbocycles. The number of carbonyl (C=O) groups excluding carboxylic acids is 1. The summed E-state index contributed by atoms with van der Waals surface area (Å²) in [6.45, 7) is 2.46. The third-order valence-corrected chi connectivity index (χ3v) is 5.89. The summed E-state index contributed by atoms with van der Waals surface area (Å²) in [6, 6.07) is 6.00. The summed E-state index contributed by atoms with van der Waals surface area (Å²) in [4.78, 5) is 45.6. The molecule has 1 aliphatic heterocycles. The minimum absolute atomic E-state index is 0.00903. The van der Waals surface area contributed by atoms with E-state index in [2.05, 4.69) is 4.98 Å². The van der Waals surface area contributed by atoms with Crippen molar-refractivity contribution in [3.8, 4) is 0 Å². The van der Waals surface area contributed by atoms with Gasteiger partial charge in [-0.15, -0.1) is 0 Å². The first-order valence-corrected chi connectivity index (χ1v) is 10.6. The van der Waals surface area contributed by atoms with E-state index in [1.165, 1.54) is 25.2 Å². The van der Waals surface area contributed by atoms with E-state index in [1.807, 2.05) is 0 Å². The quantitative estimate of drug-likeness (QED) is 0.602. The smallest absolute Gasteiger partial charge is 0.339 e. The Morgan fingerprint density at radius 3 is 2.45 bits per heavy atom. The van der Waals surface area contributed by atoms with Crippen LogP contribution in [0.5, 0.6) is 0 Å². The van der Waals surface area contributed by atoms with Crippen molar-refractivity contribution >= 4 is 16.9 Å². The number of piperidine rings is 1. The van der Waals surface area contributed by atoms with Gasteiger partial charge in [0.2, 0.25) is 0 Å². The number of nitrogens with zero attached hydrogens (tertiary/aromatic N) is 4. The molecule has 0 spiro atoms. The molecule has 3 aromatic rings. The molecule has 1 amide bonds. The van der Waals surface area contributed by atoms with Crippen LogP contribution in [-0.4, -0.2) is 38.0 Å². The van der Waals surface area contributed by atoms with Crippen molar-refractivity contribution in [3.63, 3.8) is 0 Å². The van der Waals surface area contributed by atoms with E-state index < -0.39 is 23.0 Å². The molecule has 1 aromatic carbocycles. The normalized spacial score (nSPS) is 14.6. The summed E-state index contributed by atoms with van der Waals surface area (Å²) < 4.78 is 41.3. The summed E-state index contributed by atoms with van der Waals surface area (Å²) in [5, 5.41) is -0.00903. The number of rotatable bonds is 3. The van der Waals surface area contributed by atoms with E-state index in [4.69, 9.17) is 0 Å². The Kier molecular flexibility index (Phi) is 5.85. The van der Waals surface area contributed by atoms with Crippen LogP contribution in [0.1, 0.15) is 46.4 Å². The number of amides is 1. The Morgan fingerprint density at radius 2 is 1.79 bits per heavy atom. The third-order valence-electron chi connectivity index (χ3n) is 5.89. The first kappa shape index (κ1) is 22.8. The maximum atomic E-state index is 13.4. The second-order valence-corrected chi connectivity index (χ2v) is 8.29. The number of alkyl halides is 3. The Hall–Kier alpha value is -3.43. The summed E-state index contributed by atoms with van der Waals surface area (Å²) in [6.07, 6.45) is -1.79. The fourth-order valence-electron chi connectivity index (χ4n) is 4.21. The molecule has 1 aliphatic rings. The number of benzene rings is 1. The Bertz CT molecular complexity index is 1350. The van der Waals surface area contributed by atoms with Crippen molar-refractivity contribution < 1.29 is 18.0 Å². The van der Waals surface area contributed by atoms with Gasteiger partial charge in [0.15, 0.2) is 0 Å². The van der Waals surface area contributed by atoms with Gasteiger partial charge in [-0.1, -0.05) is 12.1 Å². The molecule has 0 N–H and O–H groups in total. The maximum absolute atomic E-state index is 13.4. The average molecular weight is 460 g/mol. The number of pyridine rings is 1. The van der Waals surface area contributed by atoms with Crippen LogP contribution in [0, 0.1) is 6.92 Å². The Balaban J connectivity index is 1.89. The molecule has 4 rings (SSSR count). The minimum atomic E-state index is -4.55. The molecule has 0 saturated carbocycles. The largest absolute Gasteiger partial charge is 0.416 e. The summed E-state index contributed by atoms with van der Waals surface area (Å²) in [7, 11) is 1.42. The number of hydrogen-bond acceptors (Lipinski definition) is 4. The van der Waals surface area contributed by atoms with Gasteiger partial charge in [0.05, 0.1) is 23.1 Å². The highest BCUT2D eigenvalue weighted by molar-refractivity contribution is 6.05. The summed E-state index contributed by atoms with van der Waals surface area (Å²) >= 11 is 0. The van der Waals surface area contributed by atoms with Gasteiger partial charge in [0.1, 0.15) is 5.65 Å². The molecule has 1 saturated heterocycles. The van der Waals surface area contributed by atoms with E-state index in [0.717, 1.165) is 40.5 Å². The van der Waals surface area contributed by atoms with Crippen LogP contribution < -0.4 is 11.2 Å². The molecule has 0 atom stereocenters. The zero-order valence-corrected chi connectivity index (χ0v) is 18.3. The molecule has 33 heavy (non-hydrogen) atoms. The van der Waals surface area contributed by atoms with Crippen LogP contribution in [0.25, 0.3) is 11.0 Å². The predicted octanol–water partition coefficient (Wildman–Crippen LogP) is 3.10. The average Bonchev–Trinajstić information content (AvgIpc) is 2.79. The van der Waals surface area contributed by atoms with Crippen LogP contribution in [0.15, 0.2) is 39.9 Å². The Labute approximate surface area is 187 Å². The molecule has 10 heteroatoms. The van der Waals surface area contributed by atoms with Crippen LogP contribution in [0.2, 0.25) is 0 Å². The molecular formula is C23H23F3N4O3. The van der Waals surface area contributed by atoms with Crippen LogP contribution in [0.3, 0.4) is 0 Å². The lowest BCUT2D eigenvalue weighted by atomic mass is 10.1.